The largest absolute Gasteiger partial charge is 0.490 e. The summed E-state index contributed by atoms with van der Waals surface area (Å²) in [7, 11) is 0. The Balaban J connectivity index is 2.39. The van der Waals surface area contributed by atoms with Crippen LogP contribution in [-0.4, -0.2) is 25.7 Å². The van der Waals surface area contributed by atoms with Crippen LogP contribution in [0.2, 0.25) is 0 Å². The molecular formula is C19H23NO4S. The van der Waals surface area contributed by atoms with Crippen molar-refractivity contribution < 1.29 is 19.0 Å². The van der Waals surface area contributed by atoms with Crippen molar-refractivity contribution in [1.82, 2.24) is 0 Å². The number of carbonyl (C=O) groups excluding carboxylic acids is 1. The molecule has 2 aromatic rings. The van der Waals surface area contributed by atoms with E-state index in [0.29, 0.717) is 53.2 Å². The van der Waals surface area contributed by atoms with E-state index in [0.717, 1.165) is 0 Å². The van der Waals surface area contributed by atoms with Crippen LogP contribution in [0.4, 0.5) is 5.69 Å². The second kappa shape index (κ2) is 9.22. The van der Waals surface area contributed by atoms with Gasteiger partial charge in [-0.1, -0.05) is 12.1 Å². The van der Waals surface area contributed by atoms with Gasteiger partial charge in [0.1, 0.15) is 0 Å². The van der Waals surface area contributed by atoms with Crippen LogP contribution >= 0.6 is 12.6 Å². The fourth-order valence-electron chi connectivity index (χ4n) is 2.29. The first-order chi connectivity index (χ1) is 12.1. The molecule has 134 valence electrons. The van der Waals surface area contributed by atoms with Crippen LogP contribution in [0.15, 0.2) is 41.3 Å². The number of nitrogens with one attached hydrogen (secondary N) is 1. The zero-order valence-corrected chi connectivity index (χ0v) is 15.6. The summed E-state index contributed by atoms with van der Waals surface area (Å²) in [5.74, 6) is 1.21. The van der Waals surface area contributed by atoms with Gasteiger partial charge < -0.3 is 19.5 Å². The van der Waals surface area contributed by atoms with E-state index in [1.807, 2.05) is 39.0 Å². The van der Waals surface area contributed by atoms with Crippen molar-refractivity contribution in [3.63, 3.8) is 0 Å². The molecule has 0 aliphatic carbocycles. The normalized spacial score (nSPS) is 10.2. The molecule has 0 unspecified atom stereocenters. The molecule has 1 amide bonds. The summed E-state index contributed by atoms with van der Waals surface area (Å²) in [6, 6.07) is 10.6. The molecule has 6 heteroatoms. The van der Waals surface area contributed by atoms with E-state index in [1.54, 1.807) is 18.2 Å². The maximum Gasteiger partial charge on any atom is 0.255 e. The Morgan fingerprint density at radius 1 is 0.960 bits per heavy atom. The van der Waals surface area contributed by atoms with Crippen LogP contribution in [0.25, 0.3) is 0 Å². The molecule has 0 fully saturated rings. The number of anilines is 1. The van der Waals surface area contributed by atoms with Crippen molar-refractivity contribution in [3.05, 3.63) is 42.0 Å². The van der Waals surface area contributed by atoms with Crippen molar-refractivity contribution in [2.75, 3.05) is 25.1 Å². The molecule has 25 heavy (non-hydrogen) atoms. The van der Waals surface area contributed by atoms with Gasteiger partial charge in [-0.05, 0) is 45.0 Å². The van der Waals surface area contributed by atoms with E-state index >= 15 is 0 Å². The Kier molecular flexibility index (Phi) is 7.01. The summed E-state index contributed by atoms with van der Waals surface area (Å²) in [5, 5.41) is 2.85. The molecule has 0 radical (unpaired) electrons. The van der Waals surface area contributed by atoms with Crippen LogP contribution in [0.5, 0.6) is 17.2 Å². The maximum atomic E-state index is 12.7. The van der Waals surface area contributed by atoms with Gasteiger partial charge in [0.05, 0.1) is 25.5 Å². The molecule has 1 N–H and O–H groups in total. The van der Waals surface area contributed by atoms with Crippen molar-refractivity contribution in [1.29, 1.82) is 0 Å². The second-order valence-electron chi connectivity index (χ2n) is 5.07. The highest BCUT2D eigenvalue weighted by molar-refractivity contribution is 7.80. The zero-order valence-electron chi connectivity index (χ0n) is 14.7. The lowest BCUT2D eigenvalue weighted by Gasteiger charge is -2.17. The predicted octanol–water partition coefficient (Wildman–Crippen LogP) is 4.42. The standard InChI is InChI=1S/C19H23NO4S/c1-4-22-15-11-13(12-16(23-5-2)18(15)24-6-3)19(21)20-14-9-7-8-10-17(14)25/h7-12,25H,4-6H2,1-3H3,(H,20,21). The molecule has 5 nitrogen and oxygen atoms in total. The lowest BCUT2D eigenvalue weighted by atomic mass is 10.1. The number of amides is 1. The Morgan fingerprint density at radius 3 is 2.04 bits per heavy atom. The van der Waals surface area contributed by atoms with Crippen LogP contribution < -0.4 is 19.5 Å². The van der Waals surface area contributed by atoms with E-state index < -0.39 is 0 Å². The third-order valence-electron chi connectivity index (χ3n) is 3.32. The van der Waals surface area contributed by atoms with Gasteiger partial charge in [-0.25, -0.2) is 0 Å². The molecule has 0 saturated carbocycles. The second-order valence-corrected chi connectivity index (χ2v) is 5.55. The molecule has 0 aliphatic rings. The molecule has 0 aromatic heterocycles. The van der Waals surface area contributed by atoms with Gasteiger partial charge in [0, 0.05) is 10.5 Å². The Bertz CT molecular complexity index is 706. The monoisotopic (exact) mass is 361 g/mol. The number of benzene rings is 2. The van der Waals surface area contributed by atoms with Crippen LogP contribution in [0.3, 0.4) is 0 Å². The van der Waals surface area contributed by atoms with Crippen LogP contribution in [-0.2, 0) is 0 Å². The fraction of sp³-hybridized carbons (Fsp3) is 0.316. The molecule has 0 spiro atoms. The van der Waals surface area contributed by atoms with Gasteiger partial charge in [0.15, 0.2) is 11.5 Å². The van der Waals surface area contributed by atoms with E-state index in [1.165, 1.54) is 0 Å². The predicted molar refractivity (Wildman–Crippen MR) is 102 cm³/mol. The quantitative estimate of drug-likeness (QED) is 0.683. The first-order valence-corrected chi connectivity index (χ1v) is 8.71. The summed E-state index contributed by atoms with van der Waals surface area (Å²) >= 11 is 4.35. The SMILES string of the molecule is CCOc1cc(C(=O)Nc2ccccc2S)cc(OCC)c1OCC. The highest BCUT2D eigenvalue weighted by atomic mass is 32.1. The zero-order chi connectivity index (χ0) is 18.2. The minimum absolute atomic E-state index is 0.272. The molecule has 0 heterocycles. The van der Waals surface area contributed by atoms with Gasteiger partial charge in [0.2, 0.25) is 5.75 Å². The summed E-state index contributed by atoms with van der Waals surface area (Å²) in [4.78, 5) is 13.3. The van der Waals surface area contributed by atoms with Crippen molar-refractivity contribution >= 4 is 24.2 Å². The summed E-state index contributed by atoms with van der Waals surface area (Å²) in [6.45, 7) is 7.01. The smallest absolute Gasteiger partial charge is 0.255 e. The van der Waals surface area contributed by atoms with E-state index in [9.17, 15) is 4.79 Å². The van der Waals surface area contributed by atoms with Gasteiger partial charge in [-0.3, -0.25) is 4.79 Å². The average Bonchev–Trinajstić information content (AvgIpc) is 2.60. The van der Waals surface area contributed by atoms with Gasteiger partial charge >= 0.3 is 0 Å². The highest BCUT2D eigenvalue weighted by Crippen LogP contribution is 2.39. The third-order valence-corrected chi connectivity index (χ3v) is 3.71. The van der Waals surface area contributed by atoms with Crippen molar-refractivity contribution in [2.24, 2.45) is 0 Å². The number of carbonyl (C=O) groups is 1. The average molecular weight is 361 g/mol. The molecule has 0 bridgehead atoms. The molecule has 2 rings (SSSR count). The number of ether oxygens (including phenoxy) is 3. The Morgan fingerprint density at radius 2 is 1.52 bits per heavy atom. The van der Waals surface area contributed by atoms with Crippen LogP contribution in [0.1, 0.15) is 31.1 Å². The van der Waals surface area contributed by atoms with Crippen molar-refractivity contribution in [2.45, 2.75) is 25.7 Å². The lowest BCUT2D eigenvalue weighted by Crippen LogP contribution is -2.13. The van der Waals surface area contributed by atoms with Crippen LogP contribution in [0, 0.1) is 0 Å². The summed E-state index contributed by atoms with van der Waals surface area (Å²) in [6.07, 6.45) is 0. The summed E-state index contributed by atoms with van der Waals surface area (Å²) in [5.41, 5.74) is 1.06. The summed E-state index contributed by atoms with van der Waals surface area (Å²) < 4.78 is 16.9. The first kappa shape index (κ1) is 19.0. The number of para-hydroxylation sites is 1. The first-order valence-electron chi connectivity index (χ1n) is 8.26. The lowest BCUT2D eigenvalue weighted by molar-refractivity contribution is 0.102. The van der Waals surface area contributed by atoms with E-state index in [2.05, 4.69) is 17.9 Å². The Hall–Kier alpha value is -2.34. The molecule has 0 atom stereocenters. The minimum atomic E-state index is -0.272. The van der Waals surface area contributed by atoms with Gasteiger partial charge in [-0.15, -0.1) is 12.6 Å². The van der Waals surface area contributed by atoms with Gasteiger partial charge in [-0.2, -0.15) is 0 Å². The highest BCUT2D eigenvalue weighted by Gasteiger charge is 2.18. The molecule has 0 aliphatic heterocycles. The fourth-order valence-corrected chi connectivity index (χ4v) is 2.51. The Labute approximate surface area is 153 Å². The minimum Gasteiger partial charge on any atom is -0.490 e. The maximum absolute atomic E-state index is 12.7. The number of rotatable bonds is 8. The molecule has 2 aromatic carbocycles. The number of hydrogen-bond acceptors (Lipinski definition) is 5. The topological polar surface area (TPSA) is 56.8 Å². The molecule has 0 saturated heterocycles. The van der Waals surface area contributed by atoms with Crippen molar-refractivity contribution in [3.8, 4) is 17.2 Å². The van der Waals surface area contributed by atoms with Gasteiger partial charge in [0.25, 0.3) is 5.91 Å². The van der Waals surface area contributed by atoms with E-state index in [4.69, 9.17) is 14.2 Å². The third kappa shape index (κ3) is 4.82. The molecular weight excluding hydrogens is 338 g/mol. The number of thiol groups is 1. The number of hydrogen-bond donors (Lipinski definition) is 2. The van der Waals surface area contributed by atoms with E-state index in [-0.39, 0.29) is 5.91 Å².